The van der Waals surface area contributed by atoms with Gasteiger partial charge in [0, 0.05) is 47.2 Å². The predicted molar refractivity (Wildman–Crippen MR) is 158 cm³/mol. The van der Waals surface area contributed by atoms with Crippen LogP contribution in [0, 0.1) is 0 Å². The lowest BCUT2D eigenvalue weighted by Crippen LogP contribution is -2.26. The van der Waals surface area contributed by atoms with Crippen molar-refractivity contribution in [3.63, 3.8) is 0 Å². The van der Waals surface area contributed by atoms with Crippen molar-refractivity contribution in [2.45, 2.75) is 13.5 Å². The second-order valence-corrected chi connectivity index (χ2v) is 10.5. The summed E-state index contributed by atoms with van der Waals surface area (Å²) in [4.78, 5) is 24.4. The minimum Gasteiger partial charge on any atom is -0.490 e. The van der Waals surface area contributed by atoms with Gasteiger partial charge in [-0.1, -0.05) is 16.8 Å². The van der Waals surface area contributed by atoms with E-state index in [0.717, 1.165) is 0 Å². The number of benzene rings is 3. The summed E-state index contributed by atoms with van der Waals surface area (Å²) in [5, 5.41) is 27.1. The number of carbonyl (C=O) groups excluding carboxylic acids is 1. The van der Waals surface area contributed by atoms with E-state index >= 15 is 0 Å². The molecule has 8 N–H and O–H groups in total. The van der Waals surface area contributed by atoms with E-state index in [4.69, 9.17) is 32.0 Å². The molecule has 3 aromatic rings. The molecule has 3 rings (SSSR count). The smallest absolute Gasteiger partial charge is 0.341 e. The summed E-state index contributed by atoms with van der Waals surface area (Å²) >= 11 is 6.18. The maximum Gasteiger partial charge on any atom is 0.341 e. The van der Waals surface area contributed by atoms with Crippen LogP contribution in [0.1, 0.15) is 28.4 Å². The van der Waals surface area contributed by atoms with Gasteiger partial charge in [-0.3, -0.25) is 9.52 Å². The van der Waals surface area contributed by atoms with Crippen molar-refractivity contribution in [3.05, 3.63) is 76.3 Å². The number of ether oxygens (including phenoxy) is 2. The van der Waals surface area contributed by atoms with Gasteiger partial charge in [0.2, 0.25) is 0 Å². The van der Waals surface area contributed by atoms with Crippen molar-refractivity contribution in [1.29, 1.82) is 0 Å². The zero-order valence-corrected chi connectivity index (χ0v) is 24.0. The lowest BCUT2D eigenvalue weighted by atomic mass is 10.1. The highest BCUT2D eigenvalue weighted by atomic mass is 35.5. The maximum atomic E-state index is 13.2. The molecule has 0 spiro atoms. The summed E-state index contributed by atoms with van der Waals surface area (Å²) in [5.74, 6) is -1.64. The number of oxime groups is 1. The number of nitrogens with one attached hydrogen (secondary N) is 4. The number of halogens is 1. The van der Waals surface area contributed by atoms with Gasteiger partial charge in [-0.15, -0.1) is 0 Å². The molecule has 0 aliphatic rings. The van der Waals surface area contributed by atoms with E-state index in [2.05, 4.69) is 25.2 Å². The summed E-state index contributed by atoms with van der Waals surface area (Å²) in [6.45, 7) is 1.16. The van der Waals surface area contributed by atoms with E-state index in [1.165, 1.54) is 25.2 Å². The second-order valence-electron chi connectivity index (χ2n) is 8.45. The minimum absolute atomic E-state index is 0.0411. The molecule has 0 aromatic heterocycles. The average molecular weight is 621 g/mol. The molecule has 0 saturated carbocycles. The Kier molecular flexibility index (Phi) is 10.8. The van der Waals surface area contributed by atoms with Crippen molar-refractivity contribution in [3.8, 4) is 11.5 Å². The summed E-state index contributed by atoms with van der Waals surface area (Å²) in [6, 6.07) is 13.7. The van der Waals surface area contributed by atoms with Gasteiger partial charge in [0.05, 0.1) is 17.9 Å². The number of anilines is 3. The van der Waals surface area contributed by atoms with Crippen LogP contribution in [0.3, 0.4) is 0 Å². The fourth-order valence-electron chi connectivity index (χ4n) is 3.65. The highest BCUT2D eigenvalue weighted by molar-refractivity contribution is 7.90. The number of hydrogen-bond donors (Lipinski definition) is 7. The van der Waals surface area contributed by atoms with Gasteiger partial charge in [-0.2, -0.15) is 8.42 Å². The molecule has 0 aliphatic heterocycles. The van der Waals surface area contributed by atoms with Crippen molar-refractivity contribution in [2.24, 2.45) is 10.9 Å². The third kappa shape index (κ3) is 8.63. The van der Waals surface area contributed by atoms with Crippen molar-refractivity contribution in [2.75, 3.05) is 35.6 Å². The van der Waals surface area contributed by atoms with Gasteiger partial charge in [-0.05, 0) is 55.5 Å². The number of carboxylic acids is 1. The SMILES string of the molecule is CCOc1cc(NS(=O)(=O)NC)cc(CNc2ccc(Cl)cc2C(=O)Nc2ccc(/C(N)=N/O)cc2)c1OCC(=O)O. The number of nitrogens with two attached hydrogens (primary N) is 1. The number of amidine groups is 1. The van der Waals surface area contributed by atoms with Gasteiger partial charge in [0.1, 0.15) is 0 Å². The van der Waals surface area contributed by atoms with E-state index < -0.39 is 28.7 Å². The van der Waals surface area contributed by atoms with Crippen LogP contribution < -0.4 is 35.3 Å². The molecule has 0 unspecified atom stereocenters. The van der Waals surface area contributed by atoms with Crippen molar-refractivity contribution < 1.29 is 37.8 Å². The zero-order valence-electron chi connectivity index (χ0n) is 22.5. The summed E-state index contributed by atoms with van der Waals surface area (Å²) in [7, 11) is -2.66. The first-order chi connectivity index (χ1) is 20.0. The Hall–Kier alpha value is -4.73. The molecule has 42 heavy (non-hydrogen) atoms. The minimum atomic E-state index is -3.89. The molecule has 0 heterocycles. The number of nitrogens with zero attached hydrogens (tertiary/aromatic N) is 1. The van der Waals surface area contributed by atoms with Gasteiger partial charge < -0.3 is 36.2 Å². The highest BCUT2D eigenvalue weighted by Crippen LogP contribution is 2.36. The molecule has 0 atom stereocenters. The number of hydrogen-bond acceptors (Lipinski definition) is 9. The zero-order chi connectivity index (χ0) is 30.9. The molecule has 0 aliphatic carbocycles. The van der Waals surface area contributed by atoms with Gasteiger partial charge in [0.25, 0.3) is 16.1 Å². The lowest BCUT2D eigenvalue weighted by molar-refractivity contribution is -0.139. The molecule has 14 nitrogen and oxygen atoms in total. The molecule has 3 aromatic carbocycles. The first-order valence-electron chi connectivity index (χ1n) is 12.2. The van der Waals surface area contributed by atoms with E-state index in [9.17, 15) is 23.1 Å². The highest BCUT2D eigenvalue weighted by Gasteiger charge is 2.19. The monoisotopic (exact) mass is 620 g/mol. The standard InChI is InChI=1S/C26H29ClN6O8S/c1-3-40-22-12-19(33-42(38,39)29-2)10-16(24(22)41-14-23(34)35)13-30-21-9-6-17(27)11-20(21)26(36)31-18-7-4-15(5-8-18)25(28)32-37/h4-12,29-30,33,37H,3,13-14H2,1-2H3,(H2,28,32)(H,31,36)(H,34,35). The van der Waals surface area contributed by atoms with Crippen molar-refractivity contribution in [1.82, 2.24) is 4.72 Å². The van der Waals surface area contributed by atoms with Gasteiger partial charge in [-0.25, -0.2) is 9.52 Å². The van der Waals surface area contributed by atoms with Crippen LogP contribution in [-0.2, 0) is 21.5 Å². The third-order valence-corrected chi connectivity index (χ3v) is 6.81. The number of carbonyl (C=O) groups is 2. The van der Waals surface area contributed by atoms with Crippen LogP contribution in [0.15, 0.2) is 59.8 Å². The Morgan fingerprint density at radius 3 is 2.38 bits per heavy atom. The molecule has 16 heteroatoms. The topological polar surface area (TPSA) is 214 Å². The largest absolute Gasteiger partial charge is 0.490 e. The van der Waals surface area contributed by atoms with Gasteiger partial charge in [0.15, 0.2) is 23.9 Å². The van der Waals surface area contributed by atoms with E-state index in [0.29, 0.717) is 27.5 Å². The summed E-state index contributed by atoms with van der Waals surface area (Å²) in [6.07, 6.45) is 0. The molecule has 0 bridgehead atoms. The molecule has 0 radical (unpaired) electrons. The Morgan fingerprint density at radius 1 is 1.05 bits per heavy atom. The van der Waals surface area contributed by atoms with Crippen LogP contribution in [0.4, 0.5) is 17.1 Å². The Labute approximate surface area is 246 Å². The fourth-order valence-corrected chi connectivity index (χ4v) is 4.35. The van der Waals surface area contributed by atoms with E-state index in [1.54, 1.807) is 43.3 Å². The quantitative estimate of drug-likeness (QED) is 0.0605. The number of carboxylic acid groups (broad SMARTS) is 1. The summed E-state index contributed by atoms with van der Waals surface area (Å²) in [5.41, 5.74) is 7.44. The Bertz CT molecular complexity index is 1580. The van der Waals surface area contributed by atoms with Crippen molar-refractivity contribution >= 4 is 56.6 Å². The molecular weight excluding hydrogens is 592 g/mol. The Balaban J connectivity index is 1.94. The van der Waals surface area contributed by atoms with E-state index in [1.807, 2.05) is 0 Å². The van der Waals surface area contributed by atoms with Crippen LogP contribution in [0.25, 0.3) is 0 Å². The normalized spacial score (nSPS) is 11.5. The van der Waals surface area contributed by atoms with Gasteiger partial charge >= 0.3 is 5.97 Å². The lowest BCUT2D eigenvalue weighted by Gasteiger charge is -2.19. The first-order valence-corrected chi connectivity index (χ1v) is 14.1. The van der Waals surface area contributed by atoms with Crippen LogP contribution in [0.2, 0.25) is 5.02 Å². The molecule has 1 amide bonds. The molecular formula is C26H29ClN6O8S. The number of rotatable bonds is 14. The Morgan fingerprint density at radius 2 is 1.76 bits per heavy atom. The molecule has 0 fully saturated rings. The average Bonchev–Trinajstić information content (AvgIpc) is 2.95. The predicted octanol–water partition coefficient (Wildman–Crippen LogP) is 3.04. The summed E-state index contributed by atoms with van der Waals surface area (Å²) < 4.78 is 39.9. The van der Waals surface area contributed by atoms with Crippen LogP contribution in [-0.4, -0.2) is 56.7 Å². The fraction of sp³-hybridized carbons (Fsp3) is 0.192. The second kappa shape index (κ2) is 14.2. The number of amides is 1. The third-order valence-electron chi connectivity index (χ3n) is 5.53. The van der Waals surface area contributed by atoms with Crippen LogP contribution >= 0.6 is 11.6 Å². The van der Waals surface area contributed by atoms with E-state index in [-0.39, 0.29) is 41.7 Å². The molecule has 0 saturated heterocycles. The maximum absolute atomic E-state index is 13.2. The van der Waals surface area contributed by atoms with Crippen LogP contribution in [0.5, 0.6) is 11.5 Å². The molecule has 224 valence electrons. The number of aliphatic carboxylic acids is 1. The first kappa shape index (κ1) is 31.8.